The molecule has 100 valence electrons. The third-order valence-corrected chi connectivity index (χ3v) is 3.55. The molecule has 4 nitrogen and oxygen atoms in total. The number of hydrogen-bond acceptors (Lipinski definition) is 4. The van der Waals surface area contributed by atoms with E-state index in [2.05, 4.69) is 4.98 Å². The summed E-state index contributed by atoms with van der Waals surface area (Å²) in [7, 11) is 0. The van der Waals surface area contributed by atoms with Crippen molar-refractivity contribution in [1.82, 2.24) is 4.98 Å². The summed E-state index contributed by atoms with van der Waals surface area (Å²) in [6.45, 7) is 2.01. The summed E-state index contributed by atoms with van der Waals surface area (Å²) >= 11 is 1.88. The van der Waals surface area contributed by atoms with Crippen molar-refractivity contribution >= 4 is 28.6 Å². The van der Waals surface area contributed by atoms with Crippen molar-refractivity contribution < 1.29 is 18.3 Å². The SMILES string of the molecule is CCOC(=O)Cc1c(C(F)F)cnc(CN)c1I. The first-order valence-corrected chi connectivity index (χ1v) is 6.39. The van der Waals surface area contributed by atoms with Gasteiger partial charge < -0.3 is 10.5 Å². The van der Waals surface area contributed by atoms with Crippen LogP contribution in [0, 0.1) is 3.57 Å². The van der Waals surface area contributed by atoms with Crippen LogP contribution in [0.3, 0.4) is 0 Å². The van der Waals surface area contributed by atoms with Gasteiger partial charge in [-0.3, -0.25) is 9.78 Å². The first-order chi connectivity index (χ1) is 8.51. The minimum Gasteiger partial charge on any atom is -0.466 e. The van der Waals surface area contributed by atoms with Gasteiger partial charge in [0.1, 0.15) is 0 Å². The van der Waals surface area contributed by atoms with E-state index in [0.29, 0.717) is 9.26 Å². The van der Waals surface area contributed by atoms with E-state index in [1.54, 1.807) is 6.92 Å². The van der Waals surface area contributed by atoms with Crippen molar-refractivity contribution in [1.29, 1.82) is 0 Å². The molecule has 0 saturated carbocycles. The predicted octanol–water partition coefficient (Wildman–Crippen LogP) is 2.19. The highest BCUT2D eigenvalue weighted by atomic mass is 127. The van der Waals surface area contributed by atoms with E-state index >= 15 is 0 Å². The fourth-order valence-corrected chi connectivity index (χ4v) is 2.31. The number of hydrogen-bond donors (Lipinski definition) is 1. The molecular formula is C11H13F2IN2O2. The molecule has 0 radical (unpaired) electrons. The highest BCUT2D eigenvalue weighted by molar-refractivity contribution is 14.1. The van der Waals surface area contributed by atoms with E-state index in [4.69, 9.17) is 10.5 Å². The van der Waals surface area contributed by atoms with Crippen LogP contribution in [0.5, 0.6) is 0 Å². The number of rotatable bonds is 5. The summed E-state index contributed by atoms with van der Waals surface area (Å²) in [5, 5.41) is 0. The molecule has 2 N–H and O–H groups in total. The van der Waals surface area contributed by atoms with Crippen LogP contribution in [0.2, 0.25) is 0 Å². The van der Waals surface area contributed by atoms with Gasteiger partial charge in [-0.15, -0.1) is 0 Å². The number of nitrogens with zero attached hydrogens (tertiary/aromatic N) is 1. The second-order valence-corrected chi connectivity index (χ2v) is 4.52. The van der Waals surface area contributed by atoms with Gasteiger partial charge in [0, 0.05) is 21.9 Å². The Morgan fingerprint density at radius 1 is 1.61 bits per heavy atom. The molecule has 0 aliphatic rings. The first-order valence-electron chi connectivity index (χ1n) is 5.31. The van der Waals surface area contributed by atoms with Crippen molar-refractivity contribution in [2.45, 2.75) is 26.3 Å². The summed E-state index contributed by atoms with van der Waals surface area (Å²) in [5.74, 6) is -0.536. The van der Waals surface area contributed by atoms with Gasteiger partial charge >= 0.3 is 5.97 Å². The quantitative estimate of drug-likeness (QED) is 0.638. The molecule has 0 saturated heterocycles. The van der Waals surface area contributed by atoms with E-state index in [1.165, 1.54) is 0 Å². The number of carbonyl (C=O) groups excluding carboxylic acids is 1. The topological polar surface area (TPSA) is 65.2 Å². The molecule has 1 aromatic rings. The number of esters is 1. The summed E-state index contributed by atoms with van der Waals surface area (Å²) in [6, 6.07) is 0. The zero-order valence-corrected chi connectivity index (χ0v) is 11.9. The van der Waals surface area contributed by atoms with E-state index in [9.17, 15) is 13.6 Å². The number of carbonyl (C=O) groups is 1. The highest BCUT2D eigenvalue weighted by Crippen LogP contribution is 2.28. The van der Waals surface area contributed by atoms with Crippen LogP contribution < -0.4 is 5.73 Å². The molecule has 7 heteroatoms. The van der Waals surface area contributed by atoms with Gasteiger partial charge in [-0.25, -0.2) is 8.78 Å². The fraction of sp³-hybridized carbons (Fsp3) is 0.455. The van der Waals surface area contributed by atoms with E-state index in [1.807, 2.05) is 22.6 Å². The molecule has 0 spiro atoms. The molecule has 0 fully saturated rings. The number of nitrogens with two attached hydrogens (primary N) is 1. The van der Waals surface area contributed by atoms with Gasteiger partial charge in [-0.2, -0.15) is 0 Å². The largest absolute Gasteiger partial charge is 0.466 e. The lowest BCUT2D eigenvalue weighted by atomic mass is 10.1. The maximum Gasteiger partial charge on any atom is 0.310 e. The Hall–Kier alpha value is -0.830. The Balaban J connectivity index is 3.15. The van der Waals surface area contributed by atoms with Crippen LogP contribution in [0.1, 0.15) is 30.2 Å². The molecule has 0 atom stereocenters. The molecule has 18 heavy (non-hydrogen) atoms. The number of alkyl halides is 2. The molecule has 1 aromatic heterocycles. The molecular weight excluding hydrogens is 357 g/mol. The maximum absolute atomic E-state index is 12.9. The number of aromatic nitrogens is 1. The first kappa shape index (κ1) is 15.2. The lowest BCUT2D eigenvalue weighted by Gasteiger charge is -2.12. The Morgan fingerprint density at radius 2 is 2.28 bits per heavy atom. The molecule has 0 aliphatic carbocycles. The van der Waals surface area contributed by atoms with Crippen molar-refractivity contribution in [2.75, 3.05) is 6.61 Å². The van der Waals surface area contributed by atoms with E-state index in [0.717, 1.165) is 6.20 Å². The van der Waals surface area contributed by atoms with Crippen LogP contribution in [0.4, 0.5) is 8.78 Å². The molecule has 0 amide bonds. The molecule has 0 aliphatic heterocycles. The average Bonchev–Trinajstić information content (AvgIpc) is 2.31. The Kier molecular flexibility index (Phi) is 5.86. The van der Waals surface area contributed by atoms with Crippen LogP contribution in [0.25, 0.3) is 0 Å². The number of ether oxygens (including phenoxy) is 1. The monoisotopic (exact) mass is 370 g/mol. The fourth-order valence-electron chi connectivity index (χ4n) is 1.45. The Bertz CT molecular complexity index is 441. The second kappa shape index (κ2) is 6.93. The van der Waals surface area contributed by atoms with Crippen LogP contribution >= 0.6 is 22.6 Å². The maximum atomic E-state index is 12.9. The molecule has 0 bridgehead atoms. The molecule has 1 heterocycles. The Labute approximate surface area is 117 Å². The average molecular weight is 370 g/mol. The summed E-state index contributed by atoms with van der Waals surface area (Å²) < 4.78 is 31.0. The number of pyridine rings is 1. The van der Waals surface area contributed by atoms with Crippen LogP contribution in [-0.4, -0.2) is 17.6 Å². The van der Waals surface area contributed by atoms with Crippen molar-refractivity contribution in [3.8, 4) is 0 Å². The van der Waals surface area contributed by atoms with Crippen LogP contribution in [0.15, 0.2) is 6.20 Å². The summed E-state index contributed by atoms with van der Waals surface area (Å²) in [6.07, 6.45) is -1.80. The van der Waals surface area contributed by atoms with Crippen molar-refractivity contribution in [3.63, 3.8) is 0 Å². The van der Waals surface area contributed by atoms with Gasteiger partial charge in [0.15, 0.2) is 0 Å². The van der Waals surface area contributed by atoms with Gasteiger partial charge in [-0.05, 0) is 35.1 Å². The van der Waals surface area contributed by atoms with Crippen LogP contribution in [-0.2, 0) is 22.5 Å². The van der Waals surface area contributed by atoms with Gasteiger partial charge in [0.05, 0.1) is 18.7 Å². The lowest BCUT2D eigenvalue weighted by molar-refractivity contribution is -0.142. The third-order valence-electron chi connectivity index (χ3n) is 2.28. The minimum absolute atomic E-state index is 0.137. The van der Waals surface area contributed by atoms with Crippen molar-refractivity contribution in [3.05, 3.63) is 26.6 Å². The summed E-state index contributed by atoms with van der Waals surface area (Å²) in [4.78, 5) is 15.3. The molecule has 0 aromatic carbocycles. The summed E-state index contributed by atoms with van der Waals surface area (Å²) in [5.41, 5.74) is 5.97. The molecule has 0 unspecified atom stereocenters. The van der Waals surface area contributed by atoms with Crippen molar-refractivity contribution in [2.24, 2.45) is 5.73 Å². The zero-order valence-electron chi connectivity index (χ0n) is 9.75. The molecule has 1 rings (SSSR count). The third kappa shape index (κ3) is 3.58. The highest BCUT2D eigenvalue weighted by Gasteiger charge is 2.21. The minimum atomic E-state index is -2.68. The van der Waals surface area contributed by atoms with E-state index < -0.39 is 12.4 Å². The van der Waals surface area contributed by atoms with Gasteiger partial charge in [0.2, 0.25) is 0 Å². The Morgan fingerprint density at radius 3 is 2.78 bits per heavy atom. The zero-order chi connectivity index (χ0) is 13.7. The van der Waals surface area contributed by atoms with Gasteiger partial charge in [-0.1, -0.05) is 0 Å². The second-order valence-electron chi connectivity index (χ2n) is 3.44. The predicted molar refractivity (Wildman–Crippen MR) is 70.1 cm³/mol. The number of halogens is 3. The lowest BCUT2D eigenvalue weighted by Crippen LogP contribution is -2.14. The van der Waals surface area contributed by atoms with Gasteiger partial charge in [0.25, 0.3) is 6.43 Å². The van der Waals surface area contributed by atoms with E-state index in [-0.39, 0.29) is 30.7 Å². The standard InChI is InChI=1S/C11H13F2IN2O2/c1-2-18-9(17)3-6-7(11(12)13)5-16-8(4-15)10(6)14/h5,11H,2-4,15H2,1H3. The normalized spacial score (nSPS) is 10.8. The smallest absolute Gasteiger partial charge is 0.310 e.